The average Bonchev–Trinajstić information content (AvgIpc) is 3.08. The molecule has 4 saturated carbocycles. The van der Waals surface area contributed by atoms with Crippen LogP contribution in [-0.4, -0.2) is 55.2 Å². The maximum Gasteiger partial charge on any atom is 0.586 e. The van der Waals surface area contributed by atoms with Crippen LogP contribution in [0.15, 0.2) is 18.2 Å². The zero-order valence-corrected chi connectivity index (χ0v) is 17.8. The fourth-order valence-corrected chi connectivity index (χ4v) is 5.39. The topological polar surface area (TPSA) is 107 Å². The number of alkyl halides is 2. The molecule has 5 fully saturated rings. The van der Waals surface area contributed by atoms with Gasteiger partial charge in [-0.2, -0.15) is 0 Å². The Morgan fingerprint density at radius 3 is 2.70 bits per heavy atom. The Bertz CT molecular complexity index is 981. The second kappa shape index (κ2) is 7.42. The molecule has 0 spiro atoms. The van der Waals surface area contributed by atoms with Crippen LogP contribution in [0, 0.1) is 11.8 Å². The first kappa shape index (κ1) is 20.9. The smallest absolute Gasteiger partial charge is 0.484 e. The molecule has 1 aromatic rings. The van der Waals surface area contributed by atoms with Crippen LogP contribution >= 0.6 is 0 Å². The maximum absolute atomic E-state index is 13.1. The van der Waals surface area contributed by atoms with Crippen LogP contribution in [0.1, 0.15) is 32.1 Å². The molecular formula is C22H25F2N3O6. The Morgan fingerprint density at radius 1 is 1.12 bits per heavy atom. The number of hydrogen-bond acceptors (Lipinski definition) is 7. The maximum atomic E-state index is 13.1. The van der Waals surface area contributed by atoms with E-state index in [-0.39, 0.29) is 53.5 Å². The lowest BCUT2D eigenvalue weighted by Gasteiger charge is -2.39. The largest absolute Gasteiger partial charge is 0.586 e. The third-order valence-corrected chi connectivity index (χ3v) is 7.12. The highest BCUT2D eigenvalue weighted by molar-refractivity contribution is 5.82. The monoisotopic (exact) mass is 465 g/mol. The van der Waals surface area contributed by atoms with Crippen LogP contribution in [-0.2, 0) is 14.3 Å². The van der Waals surface area contributed by atoms with Gasteiger partial charge in [0.1, 0.15) is 12.0 Å². The quantitative estimate of drug-likeness (QED) is 0.557. The number of amides is 2. The molecule has 0 aromatic heterocycles. The molecule has 6 aliphatic rings. The first-order chi connectivity index (χ1) is 15.8. The van der Waals surface area contributed by atoms with Crippen molar-refractivity contribution < 1.29 is 37.3 Å². The van der Waals surface area contributed by atoms with Crippen LogP contribution in [0.4, 0.5) is 8.78 Å². The minimum absolute atomic E-state index is 0.00995. The van der Waals surface area contributed by atoms with E-state index in [4.69, 9.17) is 9.47 Å². The van der Waals surface area contributed by atoms with Gasteiger partial charge >= 0.3 is 6.29 Å². The number of fused-ring (bicyclic) bond motifs is 2. The number of rotatable bonds is 7. The number of carbonyl (C=O) groups is 2. The lowest BCUT2D eigenvalue weighted by Crippen LogP contribution is -2.55. The Kier molecular flexibility index (Phi) is 4.70. The van der Waals surface area contributed by atoms with Gasteiger partial charge in [-0.15, -0.1) is 8.78 Å². The van der Waals surface area contributed by atoms with Crippen molar-refractivity contribution in [3.05, 3.63) is 18.2 Å². The van der Waals surface area contributed by atoms with Crippen LogP contribution in [0.5, 0.6) is 17.2 Å². The van der Waals surface area contributed by atoms with Crippen LogP contribution < -0.4 is 30.2 Å². The van der Waals surface area contributed by atoms with Gasteiger partial charge in [0.25, 0.3) is 11.8 Å². The molecule has 2 bridgehead atoms. The lowest BCUT2D eigenvalue weighted by atomic mass is 9.76. The highest BCUT2D eigenvalue weighted by Crippen LogP contribution is 2.52. The molecule has 7 rings (SSSR count). The first-order valence-electron chi connectivity index (χ1n) is 11.3. The van der Waals surface area contributed by atoms with Crippen molar-refractivity contribution in [1.29, 1.82) is 0 Å². The Labute approximate surface area is 188 Å². The van der Waals surface area contributed by atoms with E-state index < -0.39 is 12.4 Å². The molecule has 178 valence electrons. The third-order valence-electron chi connectivity index (χ3n) is 7.12. The van der Waals surface area contributed by atoms with E-state index >= 15 is 0 Å². The molecule has 11 heteroatoms. The minimum atomic E-state index is -3.70. The minimum Gasteiger partial charge on any atom is -0.484 e. The first-order valence-corrected chi connectivity index (χ1v) is 11.3. The summed E-state index contributed by atoms with van der Waals surface area (Å²) in [5.41, 5.74) is -0.288. The van der Waals surface area contributed by atoms with Gasteiger partial charge in [0.2, 0.25) is 0 Å². The molecule has 9 nitrogen and oxygen atoms in total. The summed E-state index contributed by atoms with van der Waals surface area (Å²) in [5, 5.41) is 9.40. The zero-order chi connectivity index (χ0) is 22.8. The summed E-state index contributed by atoms with van der Waals surface area (Å²) < 4.78 is 46.2. The zero-order valence-electron chi connectivity index (χ0n) is 17.8. The fraction of sp³-hybridized carbons (Fsp3) is 0.636. The number of halogens is 2. The second-order valence-corrected chi connectivity index (χ2v) is 9.67. The highest BCUT2D eigenvalue weighted by Gasteiger charge is 2.57. The van der Waals surface area contributed by atoms with Crippen LogP contribution in [0.3, 0.4) is 0 Å². The molecule has 33 heavy (non-hydrogen) atoms. The van der Waals surface area contributed by atoms with Crippen molar-refractivity contribution in [2.75, 3.05) is 13.2 Å². The summed E-state index contributed by atoms with van der Waals surface area (Å²) >= 11 is 0. The Balaban J connectivity index is 0.966. The van der Waals surface area contributed by atoms with Gasteiger partial charge < -0.3 is 29.6 Å². The average molecular weight is 465 g/mol. The molecule has 2 heterocycles. The van der Waals surface area contributed by atoms with Crippen molar-refractivity contribution in [3.63, 3.8) is 0 Å². The van der Waals surface area contributed by atoms with E-state index in [1.807, 2.05) is 0 Å². The molecule has 3 unspecified atom stereocenters. The van der Waals surface area contributed by atoms with E-state index in [9.17, 15) is 18.4 Å². The Hall–Kier alpha value is -2.66. The van der Waals surface area contributed by atoms with E-state index in [0.29, 0.717) is 24.8 Å². The predicted molar refractivity (Wildman–Crippen MR) is 108 cm³/mol. The summed E-state index contributed by atoms with van der Waals surface area (Å²) in [5.74, 6) is 0.429. The SMILES string of the molecule is O=C(COc1ccc2c(c1)OC(F)(F)O2)NC1CC2(NC(=O)C3CNC(C4CC4)O3)CC1C2. The summed E-state index contributed by atoms with van der Waals surface area (Å²) in [6, 6.07) is 3.95. The summed E-state index contributed by atoms with van der Waals surface area (Å²) in [4.78, 5) is 25.1. The predicted octanol–water partition coefficient (Wildman–Crippen LogP) is 1.26. The summed E-state index contributed by atoms with van der Waals surface area (Å²) in [7, 11) is 0. The van der Waals surface area contributed by atoms with Gasteiger partial charge in [0.15, 0.2) is 24.2 Å². The lowest BCUT2D eigenvalue weighted by molar-refractivity contribution is -0.286. The van der Waals surface area contributed by atoms with Crippen molar-refractivity contribution in [2.45, 2.75) is 62.3 Å². The van der Waals surface area contributed by atoms with Crippen molar-refractivity contribution >= 4 is 11.8 Å². The molecule has 1 saturated heterocycles. The number of carbonyl (C=O) groups excluding carboxylic acids is 2. The van der Waals surface area contributed by atoms with E-state index in [1.54, 1.807) is 0 Å². The van der Waals surface area contributed by atoms with Gasteiger partial charge in [-0.25, -0.2) is 0 Å². The summed E-state index contributed by atoms with van der Waals surface area (Å²) in [6.07, 6.45) is 0.435. The van der Waals surface area contributed by atoms with Crippen molar-refractivity contribution in [2.24, 2.45) is 11.8 Å². The van der Waals surface area contributed by atoms with E-state index in [0.717, 1.165) is 25.7 Å². The molecule has 4 aliphatic carbocycles. The van der Waals surface area contributed by atoms with Gasteiger partial charge in [0, 0.05) is 24.2 Å². The molecule has 1 aromatic carbocycles. The van der Waals surface area contributed by atoms with Gasteiger partial charge in [-0.3, -0.25) is 14.9 Å². The van der Waals surface area contributed by atoms with Crippen LogP contribution in [0.25, 0.3) is 0 Å². The molecule has 0 radical (unpaired) electrons. The van der Waals surface area contributed by atoms with Gasteiger partial charge in [0.05, 0.1) is 0 Å². The van der Waals surface area contributed by atoms with E-state index in [1.165, 1.54) is 18.2 Å². The number of nitrogens with one attached hydrogen (secondary N) is 3. The second-order valence-electron chi connectivity index (χ2n) is 9.67. The molecule has 3 N–H and O–H groups in total. The van der Waals surface area contributed by atoms with Crippen LogP contribution in [0.2, 0.25) is 0 Å². The highest BCUT2D eigenvalue weighted by atomic mass is 19.3. The Morgan fingerprint density at radius 2 is 1.91 bits per heavy atom. The van der Waals surface area contributed by atoms with Gasteiger partial charge in [-0.05, 0) is 56.1 Å². The molecule has 3 atom stereocenters. The third kappa shape index (κ3) is 4.08. The number of hydrogen-bond donors (Lipinski definition) is 3. The van der Waals surface area contributed by atoms with Gasteiger partial charge in [-0.1, -0.05) is 0 Å². The number of ether oxygens (including phenoxy) is 4. The summed E-state index contributed by atoms with van der Waals surface area (Å²) in [6.45, 7) is 0.268. The normalized spacial score (nSPS) is 35.1. The number of benzene rings is 1. The fourth-order valence-electron chi connectivity index (χ4n) is 5.39. The van der Waals surface area contributed by atoms with Crippen molar-refractivity contribution in [1.82, 2.24) is 16.0 Å². The molecule has 2 aliphatic heterocycles. The van der Waals surface area contributed by atoms with Crippen molar-refractivity contribution in [3.8, 4) is 17.2 Å². The molecule has 2 amide bonds. The molecular weight excluding hydrogens is 440 g/mol. The van der Waals surface area contributed by atoms with E-state index in [2.05, 4.69) is 25.4 Å². The standard InChI is InChI=1S/C22H25F2N3O6/c23-22(24)32-15-4-3-13(5-16(15)33-22)30-10-18(28)26-14-8-21(6-12(14)7-21)27-19(29)17-9-25-20(31-17)11-1-2-11/h3-5,11-12,14,17,20,25H,1-2,6-10H2,(H,26,28)(H,27,29).